The lowest BCUT2D eigenvalue weighted by Crippen LogP contribution is -2.32. The second kappa shape index (κ2) is 9.07. The predicted octanol–water partition coefficient (Wildman–Crippen LogP) is 3.32. The molecule has 0 bridgehead atoms. The highest BCUT2D eigenvalue weighted by molar-refractivity contribution is 7.15. The number of aromatic nitrogens is 1. The number of carbonyl (C=O) groups is 2. The Kier molecular flexibility index (Phi) is 6.30. The summed E-state index contributed by atoms with van der Waals surface area (Å²) >= 11 is 1.37. The lowest BCUT2D eigenvalue weighted by Gasteiger charge is -2.06. The van der Waals surface area contributed by atoms with Gasteiger partial charge in [-0.15, -0.1) is 11.3 Å². The van der Waals surface area contributed by atoms with E-state index < -0.39 is 16.7 Å². The highest BCUT2D eigenvalue weighted by Crippen LogP contribution is 2.21. The van der Waals surface area contributed by atoms with Crippen LogP contribution in [0.5, 0.6) is 0 Å². The molecule has 148 valence electrons. The minimum atomic E-state index is -0.509. The normalized spacial score (nSPS) is 10.4. The molecular weight excluding hydrogens is 392 g/mol. The van der Waals surface area contributed by atoms with Crippen LogP contribution in [0.2, 0.25) is 0 Å². The molecule has 0 aliphatic heterocycles. The molecule has 0 fully saturated rings. The molecule has 3 rings (SSSR count). The number of benzene rings is 2. The molecule has 0 saturated heterocycles. The first kappa shape index (κ1) is 20.2. The zero-order chi connectivity index (χ0) is 20.8. The van der Waals surface area contributed by atoms with E-state index in [9.17, 15) is 19.7 Å². The van der Waals surface area contributed by atoms with Crippen LogP contribution in [0.1, 0.15) is 26.4 Å². The van der Waals surface area contributed by atoms with Gasteiger partial charge in [0.15, 0.2) is 5.13 Å². The van der Waals surface area contributed by atoms with E-state index in [1.54, 1.807) is 13.1 Å². The average Bonchev–Trinajstić information content (AvgIpc) is 3.13. The van der Waals surface area contributed by atoms with E-state index in [0.717, 1.165) is 16.9 Å². The number of aryl methyl sites for hydroxylation is 1. The molecule has 2 aromatic carbocycles. The van der Waals surface area contributed by atoms with Crippen molar-refractivity contribution in [3.63, 3.8) is 0 Å². The molecular formula is C20H18N4O4S. The van der Waals surface area contributed by atoms with Crippen LogP contribution in [0.25, 0.3) is 0 Å². The number of rotatable bonds is 7. The molecule has 8 nitrogen and oxygen atoms in total. The number of hydrogen-bond donors (Lipinski definition) is 2. The van der Waals surface area contributed by atoms with Crippen LogP contribution < -0.4 is 10.6 Å². The minimum Gasteiger partial charge on any atom is -0.343 e. The molecule has 0 spiro atoms. The van der Waals surface area contributed by atoms with Crippen LogP contribution in [-0.2, 0) is 11.2 Å². The van der Waals surface area contributed by atoms with Crippen LogP contribution >= 0.6 is 11.3 Å². The number of nitro groups is 1. The maximum absolute atomic E-state index is 12.2. The van der Waals surface area contributed by atoms with E-state index in [-0.39, 0.29) is 17.8 Å². The topological polar surface area (TPSA) is 114 Å². The highest BCUT2D eigenvalue weighted by Gasteiger charge is 2.15. The summed E-state index contributed by atoms with van der Waals surface area (Å²) in [6.45, 7) is 1.32. The van der Waals surface area contributed by atoms with Gasteiger partial charge in [0.2, 0.25) is 5.91 Å². The second-order valence-electron chi connectivity index (χ2n) is 6.28. The number of anilines is 1. The summed E-state index contributed by atoms with van der Waals surface area (Å²) in [6, 6.07) is 14.0. The van der Waals surface area contributed by atoms with Crippen molar-refractivity contribution in [1.29, 1.82) is 0 Å². The molecule has 0 saturated carbocycles. The van der Waals surface area contributed by atoms with Gasteiger partial charge in [0, 0.05) is 34.7 Å². The van der Waals surface area contributed by atoms with Gasteiger partial charge in [0.1, 0.15) is 0 Å². The van der Waals surface area contributed by atoms with Crippen molar-refractivity contribution in [3.05, 3.63) is 86.4 Å². The smallest absolute Gasteiger partial charge is 0.272 e. The molecule has 1 heterocycles. The summed E-state index contributed by atoms with van der Waals surface area (Å²) < 4.78 is 0. The van der Waals surface area contributed by atoms with Crippen LogP contribution in [-0.4, -0.2) is 28.3 Å². The summed E-state index contributed by atoms with van der Waals surface area (Å²) in [6.07, 6.45) is 2.44. The lowest BCUT2D eigenvalue weighted by atomic mass is 10.1. The molecule has 0 unspecified atom stereocenters. The zero-order valence-corrected chi connectivity index (χ0v) is 16.4. The van der Waals surface area contributed by atoms with Gasteiger partial charge < -0.3 is 10.6 Å². The molecule has 2 amide bonds. The van der Waals surface area contributed by atoms with Gasteiger partial charge in [-0.25, -0.2) is 4.98 Å². The van der Waals surface area contributed by atoms with Crippen LogP contribution in [0.4, 0.5) is 10.8 Å². The Labute approximate surface area is 170 Å². The molecule has 9 heteroatoms. The van der Waals surface area contributed by atoms with Crippen molar-refractivity contribution in [2.75, 3.05) is 11.9 Å². The average molecular weight is 410 g/mol. The van der Waals surface area contributed by atoms with Crippen LogP contribution in [0, 0.1) is 17.0 Å². The Morgan fingerprint density at radius 3 is 2.62 bits per heavy atom. The number of nitro benzene ring substituents is 1. The van der Waals surface area contributed by atoms with E-state index in [0.29, 0.717) is 10.7 Å². The zero-order valence-electron chi connectivity index (χ0n) is 15.5. The predicted molar refractivity (Wildman–Crippen MR) is 110 cm³/mol. The lowest BCUT2D eigenvalue weighted by molar-refractivity contribution is -0.385. The van der Waals surface area contributed by atoms with Gasteiger partial charge in [-0.1, -0.05) is 30.3 Å². The van der Waals surface area contributed by atoms with Crippen LogP contribution in [0.15, 0.2) is 54.7 Å². The molecule has 29 heavy (non-hydrogen) atoms. The Bertz CT molecular complexity index is 1050. The summed E-state index contributed by atoms with van der Waals surface area (Å²) in [4.78, 5) is 39.8. The van der Waals surface area contributed by atoms with Crippen LogP contribution in [0.3, 0.4) is 0 Å². The van der Waals surface area contributed by atoms with E-state index in [1.165, 1.54) is 29.5 Å². The van der Waals surface area contributed by atoms with Gasteiger partial charge >= 0.3 is 0 Å². The van der Waals surface area contributed by atoms with Gasteiger partial charge in [-0.3, -0.25) is 19.7 Å². The van der Waals surface area contributed by atoms with Crippen molar-refractivity contribution in [2.45, 2.75) is 13.3 Å². The Morgan fingerprint density at radius 2 is 1.93 bits per heavy atom. The monoisotopic (exact) mass is 410 g/mol. The van der Waals surface area contributed by atoms with Crippen molar-refractivity contribution in [3.8, 4) is 0 Å². The summed E-state index contributed by atoms with van der Waals surface area (Å²) in [5.74, 6) is -0.889. The molecule has 0 aliphatic carbocycles. The van der Waals surface area contributed by atoms with Crippen molar-refractivity contribution >= 4 is 34.0 Å². The van der Waals surface area contributed by atoms with Crippen molar-refractivity contribution in [2.24, 2.45) is 0 Å². The fourth-order valence-electron chi connectivity index (χ4n) is 2.67. The Morgan fingerprint density at radius 1 is 1.17 bits per heavy atom. The molecule has 0 aliphatic rings. The fraction of sp³-hybridized carbons (Fsp3) is 0.150. The molecule has 0 atom stereocenters. The Balaban J connectivity index is 1.52. The number of thiazole rings is 1. The number of nitrogens with zero attached hydrogens (tertiary/aromatic N) is 2. The first-order chi connectivity index (χ1) is 13.9. The second-order valence-corrected chi connectivity index (χ2v) is 7.40. The first-order valence-electron chi connectivity index (χ1n) is 8.74. The van der Waals surface area contributed by atoms with Gasteiger partial charge in [0.05, 0.1) is 11.5 Å². The third kappa shape index (κ3) is 5.45. The minimum absolute atomic E-state index is 0.0608. The van der Waals surface area contributed by atoms with E-state index in [1.807, 2.05) is 30.3 Å². The maximum atomic E-state index is 12.2. The summed E-state index contributed by atoms with van der Waals surface area (Å²) in [5.41, 5.74) is 1.72. The fourth-order valence-corrected chi connectivity index (χ4v) is 3.53. The third-order valence-corrected chi connectivity index (χ3v) is 5.00. The Hall–Kier alpha value is -3.59. The maximum Gasteiger partial charge on any atom is 0.272 e. The van der Waals surface area contributed by atoms with Gasteiger partial charge in [0.25, 0.3) is 11.6 Å². The largest absolute Gasteiger partial charge is 0.343 e. The van der Waals surface area contributed by atoms with Crippen molar-refractivity contribution < 1.29 is 14.5 Å². The van der Waals surface area contributed by atoms with Crippen molar-refractivity contribution in [1.82, 2.24) is 10.3 Å². The van der Waals surface area contributed by atoms with Gasteiger partial charge in [-0.2, -0.15) is 0 Å². The van der Waals surface area contributed by atoms with E-state index in [2.05, 4.69) is 15.6 Å². The third-order valence-electron chi connectivity index (χ3n) is 4.09. The summed E-state index contributed by atoms with van der Waals surface area (Å²) in [7, 11) is 0. The SMILES string of the molecule is Cc1cc(C(=O)NCC(=O)Nc2ncc(Cc3ccccc3)s2)ccc1[N+](=O)[O-]. The summed E-state index contributed by atoms with van der Waals surface area (Å²) in [5, 5.41) is 16.5. The number of nitrogens with one attached hydrogen (secondary N) is 2. The number of hydrogen-bond acceptors (Lipinski definition) is 6. The van der Waals surface area contributed by atoms with Gasteiger partial charge in [-0.05, 0) is 24.6 Å². The molecule has 2 N–H and O–H groups in total. The van der Waals surface area contributed by atoms with E-state index in [4.69, 9.17) is 0 Å². The highest BCUT2D eigenvalue weighted by atomic mass is 32.1. The molecule has 0 radical (unpaired) electrons. The standard InChI is InChI=1S/C20H18N4O4S/c1-13-9-15(7-8-17(13)24(27)28)19(26)21-12-18(25)23-20-22-11-16(29-20)10-14-5-3-2-4-6-14/h2-9,11H,10,12H2,1H3,(H,21,26)(H,22,23,25). The molecule has 3 aromatic rings. The number of carbonyl (C=O) groups excluding carboxylic acids is 2. The quantitative estimate of drug-likeness (QED) is 0.458. The number of amides is 2. The first-order valence-corrected chi connectivity index (χ1v) is 9.56. The molecule has 1 aromatic heterocycles. The van der Waals surface area contributed by atoms with E-state index >= 15 is 0 Å².